The molecule has 10 heteroatoms. The van der Waals surface area contributed by atoms with Gasteiger partial charge in [-0.15, -0.1) is 11.3 Å². The average molecular weight is 315 g/mol. The fourth-order valence-corrected chi connectivity index (χ4v) is 4.55. The maximum atomic E-state index is 12.4. The van der Waals surface area contributed by atoms with Gasteiger partial charge in [-0.25, -0.2) is 8.42 Å². The number of nitrogens with zero attached hydrogens (tertiary/aromatic N) is 1. The number of carboxylic acids is 1. The van der Waals surface area contributed by atoms with Gasteiger partial charge in [0.25, 0.3) is 10.0 Å². The van der Waals surface area contributed by atoms with Crippen molar-refractivity contribution in [1.82, 2.24) is 4.31 Å². The fourth-order valence-electron chi connectivity index (χ4n) is 1.62. The number of hydrogen-bond acceptors (Lipinski definition) is 4. The average Bonchev–Trinajstić information content (AvgIpc) is 2.61. The molecule has 1 aliphatic heterocycles. The Labute approximate surface area is 110 Å². The van der Waals surface area contributed by atoms with Crippen LogP contribution >= 0.6 is 11.3 Å². The Morgan fingerprint density at radius 1 is 1.42 bits per heavy atom. The largest absolute Gasteiger partial charge is 0.480 e. The van der Waals surface area contributed by atoms with Crippen LogP contribution in [0.2, 0.25) is 0 Å². The minimum absolute atomic E-state index is 0.00144. The van der Waals surface area contributed by atoms with Gasteiger partial charge in [0.15, 0.2) is 0 Å². The number of halogens is 3. The van der Waals surface area contributed by atoms with Gasteiger partial charge < -0.3 is 5.11 Å². The lowest BCUT2D eigenvalue weighted by Crippen LogP contribution is -2.54. The lowest BCUT2D eigenvalue weighted by Gasteiger charge is -2.35. The van der Waals surface area contributed by atoms with Crippen LogP contribution in [0.4, 0.5) is 13.2 Å². The molecule has 1 unspecified atom stereocenters. The summed E-state index contributed by atoms with van der Waals surface area (Å²) in [6.45, 7) is -0.00144. The maximum absolute atomic E-state index is 12.4. The van der Waals surface area contributed by atoms with Gasteiger partial charge in [0.05, 0.1) is 0 Å². The van der Waals surface area contributed by atoms with Crippen LogP contribution in [0.1, 0.15) is 11.3 Å². The smallest absolute Gasteiger partial charge is 0.425 e. The SMILES string of the molecule is O=C(O)C1CCN1S(=O)(=O)c1ccc(C(F)(F)F)s1. The van der Waals surface area contributed by atoms with Gasteiger partial charge in [0.2, 0.25) is 0 Å². The molecule has 19 heavy (non-hydrogen) atoms. The molecule has 2 rings (SSSR count). The third kappa shape index (κ3) is 2.47. The third-order valence-electron chi connectivity index (χ3n) is 2.68. The Hall–Kier alpha value is -1.13. The van der Waals surface area contributed by atoms with Crippen LogP contribution in [-0.4, -0.2) is 36.4 Å². The predicted octanol–water partition coefficient (Wildman–Crippen LogP) is 1.61. The number of thiophene rings is 1. The summed E-state index contributed by atoms with van der Waals surface area (Å²) in [5, 5.41) is 8.77. The van der Waals surface area contributed by atoms with Gasteiger partial charge in [0, 0.05) is 6.54 Å². The van der Waals surface area contributed by atoms with E-state index < -0.39 is 37.3 Å². The van der Waals surface area contributed by atoms with Crippen molar-refractivity contribution in [2.45, 2.75) is 22.8 Å². The van der Waals surface area contributed by atoms with E-state index >= 15 is 0 Å². The van der Waals surface area contributed by atoms with Crippen molar-refractivity contribution in [2.24, 2.45) is 0 Å². The van der Waals surface area contributed by atoms with Crippen LogP contribution in [0.3, 0.4) is 0 Å². The van der Waals surface area contributed by atoms with Gasteiger partial charge in [-0.1, -0.05) is 0 Å². The standard InChI is InChI=1S/C9H8F3NO4S2/c10-9(11,12)6-1-2-7(18-6)19(16,17)13-4-3-5(13)8(14)15/h1-2,5H,3-4H2,(H,14,15). The van der Waals surface area contributed by atoms with E-state index in [4.69, 9.17) is 5.11 Å². The maximum Gasteiger partial charge on any atom is 0.425 e. The van der Waals surface area contributed by atoms with Crippen molar-refractivity contribution in [1.29, 1.82) is 0 Å². The van der Waals surface area contributed by atoms with Gasteiger partial charge >= 0.3 is 12.1 Å². The zero-order valence-corrected chi connectivity index (χ0v) is 10.8. The van der Waals surface area contributed by atoms with E-state index in [1.54, 1.807) is 0 Å². The molecule has 1 N–H and O–H groups in total. The first-order valence-electron chi connectivity index (χ1n) is 5.05. The van der Waals surface area contributed by atoms with Crippen molar-refractivity contribution in [3.05, 3.63) is 17.0 Å². The summed E-state index contributed by atoms with van der Waals surface area (Å²) in [6.07, 6.45) is -4.45. The molecule has 5 nitrogen and oxygen atoms in total. The summed E-state index contributed by atoms with van der Waals surface area (Å²) < 4.78 is 61.3. The van der Waals surface area contributed by atoms with E-state index in [1.165, 1.54) is 0 Å². The molecule has 0 bridgehead atoms. The normalized spacial score (nSPS) is 21.1. The Kier molecular flexibility index (Phi) is 3.35. The number of sulfonamides is 1. The van der Waals surface area contributed by atoms with Crippen LogP contribution in [0.5, 0.6) is 0 Å². The summed E-state index contributed by atoms with van der Waals surface area (Å²) in [7, 11) is -4.16. The molecule has 0 spiro atoms. The minimum atomic E-state index is -4.61. The van der Waals surface area contributed by atoms with Crippen molar-refractivity contribution in [3.8, 4) is 0 Å². The van der Waals surface area contributed by atoms with E-state index in [2.05, 4.69) is 0 Å². The monoisotopic (exact) mass is 315 g/mol. The fraction of sp³-hybridized carbons (Fsp3) is 0.444. The van der Waals surface area contributed by atoms with Gasteiger partial charge in [-0.05, 0) is 18.6 Å². The van der Waals surface area contributed by atoms with Gasteiger partial charge in [0.1, 0.15) is 15.1 Å². The van der Waals surface area contributed by atoms with Crippen LogP contribution in [0.15, 0.2) is 16.3 Å². The van der Waals surface area contributed by atoms with Gasteiger partial charge in [-0.2, -0.15) is 17.5 Å². The van der Waals surface area contributed by atoms with Gasteiger partial charge in [-0.3, -0.25) is 4.79 Å². The topological polar surface area (TPSA) is 74.7 Å². The first-order valence-corrected chi connectivity index (χ1v) is 7.31. The number of hydrogen-bond donors (Lipinski definition) is 1. The van der Waals surface area contributed by atoms with Crippen molar-refractivity contribution >= 4 is 27.3 Å². The van der Waals surface area contributed by atoms with E-state index in [0.29, 0.717) is 10.4 Å². The molecule has 1 aliphatic rings. The molecule has 106 valence electrons. The summed E-state index contributed by atoms with van der Waals surface area (Å²) in [6, 6.07) is 0.328. The van der Waals surface area contributed by atoms with Crippen LogP contribution < -0.4 is 0 Å². The Morgan fingerprint density at radius 3 is 2.42 bits per heavy atom. The molecule has 1 aromatic rings. The molecular weight excluding hydrogens is 307 g/mol. The highest BCUT2D eigenvalue weighted by atomic mass is 32.2. The van der Waals surface area contributed by atoms with Crippen molar-refractivity contribution in [3.63, 3.8) is 0 Å². The lowest BCUT2D eigenvalue weighted by molar-refractivity contribution is -0.144. The molecule has 0 saturated carbocycles. The molecule has 0 amide bonds. The second-order valence-electron chi connectivity index (χ2n) is 3.87. The lowest BCUT2D eigenvalue weighted by atomic mass is 10.1. The Morgan fingerprint density at radius 2 is 2.05 bits per heavy atom. The number of carboxylic acid groups (broad SMARTS) is 1. The van der Waals surface area contributed by atoms with Crippen LogP contribution in [-0.2, 0) is 21.0 Å². The van der Waals surface area contributed by atoms with E-state index in [0.717, 1.165) is 6.07 Å². The minimum Gasteiger partial charge on any atom is -0.480 e. The number of alkyl halides is 3. The van der Waals surface area contributed by atoms with Crippen LogP contribution in [0, 0.1) is 0 Å². The molecule has 0 radical (unpaired) electrons. The highest BCUT2D eigenvalue weighted by Crippen LogP contribution is 2.38. The molecule has 1 atom stereocenters. The molecule has 1 saturated heterocycles. The number of aliphatic carboxylic acids is 1. The number of carbonyl (C=O) groups is 1. The van der Waals surface area contributed by atoms with E-state index in [-0.39, 0.29) is 24.3 Å². The Bertz CT molecular complexity index is 607. The first-order chi connectivity index (χ1) is 8.64. The summed E-state index contributed by atoms with van der Waals surface area (Å²) in [5.41, 5.74) is 0. The highest BCUT2D eigenvalue weighted by molar-refractivity contribution is 7.91. The molecule has 0 aromatic carbocycles. The molecule has 1 fully saturated rings. The summed E-state index contributed by atoms with van der Waals surface area (Å²) >= 11 is 0.0905. The molecule has 2 heterocycles. The van der Waals surface area contributed by atoms with Crippen LogP contribution in [0.25, 0.3) is 0 Å². The van der Waals surface area contributed by atoms with Crippen molar-refractivity contribution in [2.75, 3.05) is 6.54 Å². The highest BCUT2D eigenvalue weighted by Gasteiger charge is 2.44. The second-order valence-corrected chi connectivity index (χ2v) is 7.08. The zero-order valence-electron chi connectivity index (χ0n) is 9.22. The van der Waals surface area contributed by atoms with Crippen molar-refractivity contribution < 1.29 is 31.5 Å². The zero-order chi connectivity index (χ0) is 14.4. The molecular formula is C9H8F3NO4S2. The Balaban J connectivity index is 2.31. The third-order valence-corrected chi connectivity index (χ3v) is 6.18. The predicted molar refractivity (Wildman–Crippen MR) is 59.3 cm³/mol. The first kappa shape index (κ1) is 14.3. The summed E-state index contributed by atoms with van der Waals surface area (Å²) in [5.74, 6) is -1.30. The number of rotatable bonds is 3. The van der Waals surface area contributed by atoms with E-state index in [9.17, 15) is 26.4 Å². The van der Waals surface area contributed by atoms with E-state index in [1.807, 2.05) is 0 Å². The second kappa shape index (κ2) is 4.46. The summed E-state index contributed by atoms with van der Waals surface area (Å²) in [4.78, 5) is 9.72. The molecule has 0 aliphatic carbocycles. The molecule has 1 aromatic heterocycles. The quantitative estimate of drug-likeness (QED) is 0.919.